The summed E-state index contributed by atoms with van der Waals surface area (Å²) >= 11 is 1.83. The van der Waals surface area contributed by atoms with Gasteiger partial charge in [-0.15, -0.1) is 11.3 Å². The molecule has 0 radical (unpaired) electrons. The summed E-state index contributed by atoms with van der Waals surface area (Å²) in [5, 5.41) is 0. The van der Waals surface area contributed by atoms with Crippen molar-refractivity contribution in [3.63, 3.8) is 0 Å². The average molecular weight is 203 g/mol. The molecule has 0 saturated heterocycles. The molecule has 0 saturated carbocycles. The highest BCUT2D eigenvalue weighted by Gasteiger charge is 2.16. The van der Waals surface area contributed by atoms with Gasteiger partial charge in [-0.05, 0) is 25.5 Å². The van der Waals surface area contributed by atoms with Gasteiger partial charge in [0, 0.05) is 33.9 Å². The number of rotatable bonds is 1. The number of allylic oxidation sites excluding steroid dienone is 2. The number of hydrogen-bond acceptors (Lipinski definition) is 2. The molecule has 1 atom stereocenters. The molecule has 1 unspecified atom stereocenters. The maximum Gasteiger partial charge on any atom is 0.0345 e. The highest BCUT2D eigenvalue weighted by molar-refractivity contribution is 7.12. The van der Waals surface area contributed by atoms with Gasteiger partial charge in [0.05, 0.1) is 0 Å². The summed E-state index contributed by atoms with van der Waals surface area (Å²) in [4.78, 5) is 2.71. The van der Waals surface area contributed by atoms with E-state index in [2.05, 4.69) is 30.9 Å². The molecule has 72 valence electrons. The molecule has 2 heteroatoms. The third-order valence-electron chi connectivity index (χ3n) is 2.41. The van der Waals surface area contributed by atoms with Crippen LogP contribution in [0.4, 0.5) is 0 Å². The van der Waals surface area contributed by atoms with E-state index in [-0.39, 0.29) is 0 Å². The van der Waals surface area contributed by atoms with E-state index in [9.17, 15) is 0 Å². The van der Waals surface area contributed by atoms with Crippen LogP contribution in [0.15, 0.2) is 23.9 Å². The summed E-state index contributed by atoms with van der Waals surface area (Å²) in [5.74, 6) is 6.43. The van der Waals surface area contributed by atoms with Crippen molar-refractivity contribution in [2.24, 2.45) is 5.73 Å². The Kier molecular flexibility index (Phi) is 2.60. The van der Waals surface area contributed by atoms with E-state index in [1.807, 2.05) is 17.4 Å². The Balaban J connectivity index is 2.28. The van der Waals surface area contributed by atoms with Crippen LogP contribution in [0.25, 0.3) is 0 Å². The van der Waals surface area contributed by atoms with Crippen LogP contribution < -0.4 is 5.73 Å². The van der Waals surface area contributed by atoms with Crippen molar-refractivity contribution in [3.05, 3.63) is 33.7 Å². The zero-order chi connectivity index (χ0) is 9.97. The van der Waals surface area contributed by atoms with Crippen LogP contribution in [0.3, 0.4) is 0 Å². The second-order valence-electron chi connectivity index (χ2n) is 3.51. The molecule has 1 nitrogen and oxygen atoms in total. The number of nitrogens with two attached hydrogens (primary N) is 1. The van der Waals surface area contributed by atoms with Gasteiger partial charge < -0.3 is 5.73 Å². The molecule has 1 aromatic rings. The molecule has 0 spiro atoms. The minimum absolute atomic E-state index is 0.371. The fraction of sp³-hybridized carbons (Fsp3) is 0.333. The molecular formula is C12H13NS. The molecule has 0 aromatic carbocycles. The van der Waals surface area contributed by atoms with Crippen LogP contribution in [0.5, 0.6) is 0 Å². The van der Waals surface area contributed by atoms with Crippen LogP contribution in [-0.4, -0.2) is 0 Å². The van der Waals surface area contributed by atoms with E-state index in [1.165, 1.54) is 9.75 Å². The Hall–Kier alpha value is -1.20. The summed E-state index contributed by atoms with van der Waals surface area (Å²) < 4.78 is 0. The van der Waals surface area contributed by atoms with E-state index < -0.39 is 0 Å². The second kappa shape index (κ2) is 3.89. The zero-order valence-electron chi connectivity index (χ0n) is 8.21. The molecule has 14 heavy (non-hydrogen) atoms. The lowest BCUT2D eigenvalue weighted by Gasteiger charge is -2.12. The van der Waals surface area contributed by atoms with Gasteiger partial charge in [0.1, 0.15) is 0 Å². The molecule has 2 rings (SSSR count). The van der Waals surface area contributed by atoms with Crippen LogP contribution in [0.1, 0.15) is 28.5 Å². The molecular weight excluding hydrogens is 190 g/mol. The van der Waals surface area contributed by atoms with Crippen molar-refractivity contribution in [1.29, 1.82) is 0 Å². The molecule has 1 aromatic heterocycles. The van der Waals surface area contributed by atoms with Crippen molar-refractivity contribution in [3.8, 4) is 11.8 Å². The molecule has 1 aliphatic carbocycles. The number of thiophene rings is 1. The smallest absolute Gasteiger partial charge is 0.0345 e. The first kappa shape index (κ1) is 9.36. The Bertz CT molecular complexity index is 417. The molecule has 0 amide bonds. The Labute approximate surface area is 88.6 Å². The molecule has 1 aliphatic rings. The highest BCUT2D eigenvalue weighted by Crippen LogP contribution is 2.32. The van der Waals surface area contributed by atoms with Gasteiger partial charge in [-0.25, -0.2) is 0 Å². The van der Waals surface area contributed by atoms with Crippen molar-refractivity contribution >= 4 is 11.3 Å². The standard InChI is InChI=1S/C12H13NS/c1-9-7-8-12(14-9)10-5-3-2-4-6-11(10)13/h6-8,10H,3,5,13H2,1H3. The normalized spacial score (nSPS) is 20.6. The first-order chi connectivity index (χ1) is 6.77. The summed E-state index contributed by atoms with van der Waals surface area (Å²) in [7, 11) is 0. The van der Waals surface area contributed by atoms with Crippen molar-refractivity contribution < 1.29 is 0 Å². The van der Waals surface area contributed by atoms with Gasteiger partial charge in [-0.2, -0.15) is 0 Å². The zero-order valence-corrected chi connectivity index (χ0v) is 9.03. The molecule has 0 aliphatic heterocycles. The fourth-order valence-corrected chi connectivity index (χ4v) is 2.68. The summed E-state index contributed by atoms with van der Waals surface area (Å²) in [6, 6.07) is 4.33. The van der Waals surface area contributed by atoms with Crippen LogP contribution in [0.2, 0.25) is 0 Å². The van der Waals surface area contributed by atoms with Crippen molar-refractivity contribution in [2.45, 2.75) is 25.7 Å². The minimum atomic E-state index is 0.371. The molecule has 0 fully saturated rings. The van der Waals surface area contributed by atoms with Gasteiger partial charge in [-0.1, -0.05) is 11.8 Å². The average Bonchev–Trinajstić information content (AvgIpc) is 2.46. The third-order valence-corrected chi connectivity index (χ3v) is 3.52. The van der Waals surface area contributed by atoms with Crippen molar-refractivity contribution in [1.82, 2.24) is 0 Å². The lowest BCUT2D eigenvalue weighted by Crippen LogP contribution is -2.08. The van der Waals surface area contributed by atoms with Crippen LogP contribution in [-0.2, 0) is 0 Å². The lowest BCUT2D eigenvalue weighted by atomic mass is 9.99. The Morgan fingerprint density at radius 2 is 2.36 bits per heavy atom. The highest BCUT2D eigenvalue weighted by atomic mass is 32.1. The van der Waals surface area contributed by atoms with E-state index >= 15 is 0 Å². The van der Waals surface area contributed by atoms with Gasteiger partial charge in [-0.3, -0.25) is 0 Å². The van der Waals surface area contributed by atoms with Crippen LogP contribution in [0, 0.1) is 18.8 Å². The summed E-state index contributed by atoms with van der Waals surface area (Å²) in [5.41, 5.74) is 6.90. The Morgan fingerprint density at radius 3 is 3.07 bits per heavy atom. The fourth-order valence-electron chi connectivity index (χ4n) is 1.64. The van der Waals surface area contributed by atoms with E-state index in [0.717, 1.165) is 18.5 Å². The summed E-state index contributed by atoms with van der Waals surface area (Å²) in [6.45, 7) is 2.13. The second-order valence-corrected chi connectivity index (χ2v) is 4.82. The van der Waals surface area contributed by atoms with E-state index in [1.54, 1.807) is 0 Å². The maximum absolute atomic E-state index is 5.99. The minimum Gasteiger partial charge on any atom is -0.401 e. The van der Waals surface area contributed by atoms with Gasteiger partial charge in [0.2, 0.25) is 0 Å². The SMILES string of the molecule is Cc1ccc(C2CCC#CC=C2N)s1. The summed E-state index contributed by atoms with van der Waals surface area (Å²) in [6.07, 6.45) is 3.85. The maximum atomic E-state index is 5.99. The molecule has 2 N–H and O–H groups in total. The predicted octanol–water partition coefficient (Wildman–Crippen LogP) is 2.78. The number of aryl methyl sites for hydroxylation is 1. The first-order valence-electron chi connectivity index (χ1n) is 4.77. The predicted molar refractivity (Wildman–Crippen MR) is 61.1 cm³/mol. The quantitative estimate of drug-likeness (QED) is 0.698. The molecule has 0 bridgehead atoms. The third kappa shape index (κ3) is 1.83. The Morgan fingerprint density at radius 1 is 1.50 bits per heavy atom. The van der Waals surface area contributed by atoms with Gasteiger partial charge in [0.25, 0.3) is 0 Å². The topological polar surface area (TPSA) is 26.0 Å². The van der Waals surface area contributed by atoms with E-state index in [4.69, 9.17) is 5.73 Å². The van der Waals surface area contributed by atoms with E-state index in [0.29, 0.717) is 5.92 Å². The van der Waals surface area contributed by atoms with Crippen molar-refractivity contribution in [2.75, 3.05) is 0 Å². The first-order valence-corrected chi connectivity index (χ1v) is 5.59. The van der Waals surface area contributed by atoms with Crippen LogP contribution >= 0.6 is 11.3 Å². The van der Waals surface area contributed by atoms with Gasteiger partial charge >= 0.3 is 0 Å². The lowest BCUT2D eigenvalue weighted by molar-refractivity contribution is 0.731. The van der Waals surface area contributed by atoms with Gasteiger partial charge in [0.15, 0.2) is 0 Å². The molecule has 1 heterocycles. The monoisotopic (exact) mass is 203 g/mol. The largest absolute Gasteiger partial charge is 0.401 e. The number of hydrogen-bond donors (Lipinski definition) is 1.